The number of sulfonamides is 1. The lowest BCUT2D eigenvalue weighted by atomic mass is 10.1. The second kappa shape index (κ2) is 13.1. The topological polar surface area (TPSA) is 86.8 Å². The average molecular weight is 564 g/mol. The number of hydrogen-bond acceptors (Lipinski definition) is 4. The van der Waals surface area contributed by atoms with Crippen LogP contribution in [0.2, 0.25) is 0 Å². The number of rotatable bonds is 11. The van der Waals surface area contributed by atoms with Crippen molar-refractivity contribution in [2.24, 2.45) is 0 Å². The van der Waals surface area contributed by atoms with Gasteiger partial charge < -0.3 is 10.2 Å². The Morgan fingerprint density at radius 2 is 1.40 bits per heavy atom. The molecule has 0 aliphatic heterocycles. The van der Waals surface area contributed by atoms with E-state index in [4.69, 9.17) is 0 Å². The van der Waals surface area contributed by atoms with Gasteiger partial charge in [-0.15, -0.1) is 0 Å². The van der Waals surface area contributed by atoms with Gasteiger partial charge in [0.25, 0.3) is 10.0 Å². The molecule has 0 aliphatic rings. The maximum Gasteiger partial charge on any atom is 0.264 e. The summed E-state index contributed by atoms with van der Waals surface area (Å²) in [6, 6.07) is 18.8. The number of carbonyl (C=O) groups is 2. The monoisotopic (exact) mass is 563 g/mol. The zero-order chi connectivity index (χ0) is 29.6. The second-order valence-corrected chi connectivity index (χ2v) is 12.5. The SMILES string of the molecule is CC[C@@H](C)NC(=O)[C@H](C)N(Cc1ccc(C)cc1)C(=O)CN(c1ccc(C)c(C)c1)S(=O)(=O)c1ccc(C)cc1. The van der Waals surface area contributed by atoms with Gasteiger partial charge in [-0.1, -0.05) is 60.5 Å². The molecule has 0 aliphatic carbocycles. The molecule has 3 aromatic carbocycles. The van der Waals surface area contributed by atoms with Crippen LogP contribution in [0.3, 0.4) is 0 Å². The third-order valence-electron chi connectivity index (χ3n) is 7.31. The standard InChI is InChI=1S/C32H41N3O4S/c1-8-26(6)33-32(37)27(7)34(20-28-14-9-22(2)10-15-28)31(36)21-35(29-16-13-24(4)25(5)19-29)40(38,39)30-17-11-23(3)12-18-30/h9-19,26-27H,8,20-21H2,1-7H3,(H,33,37)/t26-,27+/m1/s1. The van der Waals surface area contributed by atoms with Crippen molar-refractivity contribution in [2.45, 2.75) is 78.4 Å². The van der Waals surface area contributed by atoms with E-state index in [9.17, 15) is 18.0 Å². The molecule has 0 radical (unpaired) electrons. The maximum atomic E-state index is 14.0. The molecule has 0 saturated heterocycles. The van der Waals surface area contributed by atoms with Gasteiger partial charge in [-0.3, -0.25) is 13.9 Å². The first-order valence-corrected chi connectivity index (χ1v) is 15.1. The van der Waals surface area contributed by atoms with Crippen molar-refractivity contribution in [1.82, 2.24) is 10.2 Å². The van der Waals surface area contributed by atoms with Crippen LogP contribution in [-0.2, 0) is 26.2 Å². The normalized spacial score (nSPS) is 12.9. The molecule has 1 N–H and O–H groups in total. The summed E-state index contributed by atoms with van der Waals surface area (Å²) in [5, 5.41) is 2.95. The third kappa shape index (κ3) is 7.50. The van der Waals surface area contributed by atoms with Crippen LogP contribution in [0.4, 0.5) is 5.69 Å². The van der Waals surface area contributed by atoms with Gasteiger partial charge in [0, 0.05) is 12.6 Å². The Kier molecular flexibility index (Phi) is 10.1. The van der Waals surface area contributed by atoms with Crippen molar-refractivity contribution in [3.8, 4) is 0 Å². The number of nitrogens with one attached hydrogen (secondary N) is 1. The highest BCUT2D eigenvalue weighted by atomic mass is 32.2. The lowest BCUT2D eigenvalue weighted by Crippen LogP contribution is -2.52. The van der Waals surface area contributed by atoms with E-state index in [0.29, 0.717) is 5.69 Å². The summed E-state index contributed by atoms with van der Waals surface area (Å²) >= 11 is 0. The molecule has 0 fully saturated rings. The maximum absolute atomic E-state index is 14.0. The summed E-state index contributed by atoms with van der Waals surface area (Å²) in [4.78, 5) is 28.7. The molecule has 3 rings (SSSR count). The molecule has 0 heterocycles. The summed E-state index contributed by atoms with van der Waals surface area (Å²) in [6.07, 6.45) is 0.750. The highest BCUT2D eigenvalue weighted by Gasteiger charge is 2.33. The minimum atomic E-state index is -4.09. The molecule has 3 aromatic rings. The fraction of sp³-hybridized carbons (Fsp3) is 0.375. The first kappa shape index (κ1) is 30.9. The van der Waals surface area contributed by atoms with Crippen LogP contribution in [0.1, 0.15) is 55.0 Å². The van der Waals surface area contributed by atoms with E-state index in [2.05, 4.69) is 5.32 Å². The van der Waals surface area contributed by atoms with Crippen molar-refractivity contribution in [2.75, 3.05) is 10.8 Å². The van der Waals surface area contributed by atoms with Crippen LogP contribution in [0, 0.1) is 27.7 Å². The zero-order valence-corrected chi connectivity index (χ0v) is 25.4. The fourth-order valence-corrected chi connectivity index (χ4v) is 5.59. The number of anilines is 1. The van der Waals surface area contributed by atoms with E-state index in [0.717, 1.165) is 38.5 Å². The van der Waals surface area contributed by atoms with Crippen molar-refractivity contribution in [3.05, 3.63) is 94.5 Å². The van der Waals surface area contributed by atoms with E-state index >= 15 is 0 Å². The molecule has 214 valence electrons. The summed E-state index contributed by atoms with van der Waals surface area (Å²) in [5.41, 5.74) is 5.17. The Balaban J connectivity index is 2.04. The zero-order valence-electron chi connectivity index (χ0n) is 24.6. The van der Waals surface area contributed by atoms with Crippen molar-refractivity contribution in [1.29, 1.82) is 0 Å². The third-order valence-corrected chi connectivity index (χ3v) is 9.10. The van der Waals surface area contributed by atoms with Gasteiger partial charge in [0.1, 0.15) is 12.6 Å². The largest absolute Gasteiger partial charge is 0.352 e. The molecule has 0 unspecified atom stereocenters. The Labute approximate surface area is 239 Å². The number of amides is 2. The van der Waals surface area contributed by atoms with E-state index in [1.807, 2.05) is 71.9 Å². The van der Waals surface area contributed by atoms with Crippen LogP contribution in [-0.4, -0.2) is 43.8 Å². The van der Waals surface area contributed by atoms with E-state index in [1.54, 1.807) is 43.3 Å². The average Bonchev–Trinajstić information content (AvgIpc) is 2.92. The van der Waals surface area contributed by atoms with Gasteiger partial charge in [0.2, 0.25) is 11.8 Å². The number of benzene rings is 3. The van der Waals surface area contributed by atoms with E-state index < -0.39 is 28.5 Å². The van der Waals surface area contributed by atoms with Crippen LogP contribution < -0.4 is 9.62 Å². The summed E-state index contributed by atoms with van der Waals surface area (Å²) in [6.45, 7) is 13.0. The molecular weight excluding hydrogens is 522 g/mol. The number of nitrogens with zero attached hydrogens (tertiary/aromatic N) is 2. The predicted octanol–water partition coefficient (Wildman–Crippen LogP) is 5.45. The van der Waals surface area contributed by atoms with Gasteiger partial charge in [-0.2, -0.15) is 0 Å². The molecule has 8 heteroatoms. The lowest BCUT2D eigenvalue weighted by Gasteiger charge is -2.32. The highest BCUT2D eigenvalue weighted by molar-refractivity contribution is 7.92. The quantitative estimate of drug-likeness (QED) is 0.336. The number of hydrogen-bond donors (Lipinski definition) is 1. The Hall–Kier alpha value is -3.65. The molecule has 0 saturated carbocycles. The van der Waals surface area contributed by atoms with Crippen LogP contribution in [0.25, 0.3) is 0 Å². The smallest absolute Gasteiger partial charge is 0.264 e. The molecule has 2 amide bonds. The van der Waals surface area contributed by atoms with Crippen molar-refractivity contribution >= 4 is 27.5 Å². The lowest BCUT2D eigenvalue weighted by molar-refractivity contribution is -0.139. The first-order chi connectivity index (χ1) is 18.8. The van der Waals surface area contributed by atoms with Crippen molar-refractivity contribution in [3.63, 3.8) is 0 Å². The minimum Gasteiger partial charge on any atom is -0.352 e. The minimum absolute atomic E-state index is 0.0553. The highest BCUT2D eigenvalue weighted by Crippen LogP contribution is 2.27. The fourth-order valence-electron chi connectivity index (χ4n) is 4.19. The van der Waals surface area contributed by atoms with Gasteiger partial charge in [-0.25, -0.2) is 8.42 Å². The summed E-state index contributed by atoms with van der Waals surface area (Å²) in [5.74, 6) is -0.754. The summed E-state index contributed by atoms with van der Waals surface area (Å²) in [7, 11) is -4.09. The molecule has 0 bridgehead atoms. The van der Waals surface area contributed by atoms with Gasteiger partial charge in [0.05, 0.1) is 10.6 Å². The Bertz CT molecular complexity index is 1430. The molecular formula is C32H41N3O4S. The van der Waals surface area contributed by atoms with Crippen molar-refractivity contribution < 1.29 is 18.0 Å². The predicted molar refractivity (Wildman–Crippen MR) is 161 cm³/mol. The van der Waals surface area contributed by atoms with Gasteiger partial charge in [0.15, 0.2) is 0 Å². The Morgan fingerprint density at radius 1 is 0.825 bits per heavy atom. The molecule has 0 aromatic heterocycles. The molecule has 40 heavy (non-hydrogen) atoms. The molecule has 0 spiro atoms. The van der Waals surface area contributed by atoms with Gasteiger partial charge in [-0.05, 0) is 88.9 Å². The summed E-state index contributed by atoms with van der Waals surface area (Å²) < 4.78 is 29.1. The number of carbonyl (C=O) groups excluding carboxylic acids is 2. The first-order valence-electron chi connectivity index (χ1n) is 13.7. The molecule has 7 nitrogen and oxygen atoms in total. The second-order valence-electron chi connectivity index (χ2n) is 10.6. The van der Waals surface area contributed by atoms with Crippen LogP contribution in [0.15, 0.2) is 71.6 Å². The number of aryl methyl sites for hydroxylation is 4. The van der Waals surface area contributed by atoms with Crippen LogP contribution >= 0.6 is 0 Å². The van der Waals surface area contributed by atoms with E-state index in [-0.39, 0.29) is 23.4 Å². The van der Waals surface area contributed by atoms with Crippen LogP contribution in [0.5, 0.6) is 0 Å². The Morgan fingerprint density at radius 3 is 1.95 bits per heavy atom. The van der Waals surface area contributed by atoms with E-state index in [1.165, 1.54) is 4.90 Å². The van der Waals surface area contributed by atoms with Gasteiger partial charge >= 0.3 is 0 Å². The molecule has 2 atom stereocenters.